The first-order valence-corrected chi connectivity index (χ1v) is 7.33. The van der Waals surface area contributed by atoms with E-state index >= 15 is 0 Å². The van der Waals surface area contributed by atoms with E-state index in [1.54, 1.807) is 0 Å². The van der Waals surface area contributed by atoms with E-state index < -0.39 is 0 Å². The van der Waals surface area contributed by atoms with Crippen LogP contribution in [-0.4, -0.2) is 5.78 Å². The van der Waals surface area contributed by atoms with Crippen molar-refractivity contribution in [1.29, 1.82) is 0 Å². The molecule has 0 saturated heterocycles. The third-order valence-corrected chi connectivity index (χ3v) is 4.13. The Balaban J connectivity index is 2.47. The first-order valence-electron chi connectivity index (χ1n) is 7.33. The molecule has 2 aromatic rings. The van der Waals surface area contributed by atoms with Crippen molar-refractivity contribution in [1.82, 2.24) is 0 Å². The molecule has 0 saturated carbocycles. The van der Waals surface area contributed by atoms with Crippen molar-refractivity contribution >= 4 is 22.1 Å². The van der Waals surface area contributed by atoms with Crippen LogP contribution in [0, 0.1) is 11.8 Å². The average Bonchev–Trinajstić information content (AvgIpc) is 2.41. The SMILES string of the molecule is CC(C)C1=C(C(C)C)c2cccc3cccc(c23)C1=O. The van der Waals surface area contributed by atoms with Gasteiger partial charge in [0, 0.05) is 16.5 Å². The summed E-state index contributed by atoms with van der Waals surface area (Å²) >= 11 is 0. The summed E-state index contributed by atoms with van der Waals surface area (Å²) in [5.41, 5.74) is 4.34. The molecule has 1 aliphatic rings. The second kappa shape index (κ2) is 4.59. The molecule has 0 fully saturated rings. The van der Waals surface area contributed by atoms with Gasteiger partial charge in [0.15, 0.2) is 5.78 Å². The van der Waals surface area contributed by atoms with E-state index in [-0.39, 0.29) is 11.7 Å². The van der Waals surface area contributed by atoms with Crippen LogP contribution in [0.4, 0.5) is 0 Å². The molecule has 0 spiro atoms. The van der Waals surface area contributed by atoms with E-state index in [4.69, 9.17) is 0 Å². The van der Waals surface area contributed by atoms with Gasteiger partial charge in [-0.3, -0.25) is 4.79 Å². The monoisotopic (exact) mass is 264 g/mol. The molecule has 0 aromatic heterocycles. The fourth-order valence-corrected chi connectivity index (χ4v) is 3.36. The highest BCUT2D eigenvalue weighted by atomic mass is 16.1. The van der Waals surface area contributed by atoms with E-state index in [9.17, 15) is 4.79 Å². The number of hydrogen-bond acceptors (Lipinski definition) is 1. The number of rotatable bonds is 2. The van der Waals surface area contributed by atoms with E-state index in [1.165, 1.54) is 11.1 Å². The zero-order valence-corrected chi connectivity index (χ0v) is 12.5. The summed E-state index contributed by atoms with van der Waals surface area (Å²) in [7, 11) is 0. The Morgan fingerprint density at radius 2 is 1.30 bits per heavy atom. The van der Waals surface area contributed by atoms with Crippen LogP contribution in [0.5, 0.6) is 0 Å². The van der Waals surface area contributed by atoms with Gasteiger partial charge in [-0.1, -0.05) is 64.1 Å². The molecule has 2 aromatic carbocycles. The number of hydrogen-bond donors (Lipinski definition) is 0. The van der Waals surface area contributed by atoms with E-state index in [2.05, 4.69) is 52.0 Å². The van der Waals surface area contributed by atoms with Crippen molar-refractivity contribution in [3.63, 3.8) is 0 Å². The van der Waals surface area contributed by atoms with Crippen molar-refractivity contribution in [2.24, 2.45) is 11.8 Å². The van der Waals surface area contributed by atoms with Crippen molar-refractivity contribution in [3.05, 3.63) is 53.1 Å². The lowest BCUT2D eigenvalue weighted by Crippen LogP contribution is -2.18. The zero-order valence-electron chi connectivity index (χ0n) is 12.5. The molecule has 0 amide bonds. The fourth-order valence-electron chi connectivity index (χ4n) is 3.36. The normalized spacial score (nSPS) is 14.8. The summed E-state index contributed by atoms with van der Waals surface area (Å²) in [5.74, 6) is 0.826. The molecule has 0 heterocycles. The number of carbonyl (C=O) groups is 1. The Bertz CT molecular complexity index is 727. The summed E-state index contributed by atoms with van der Waals surface area (Å²) in [6.45, 7) is 8.59. The number of Topliss-reactive ketones (excluding diaryl/α,β-unsaturated/α-hetero) is 1. The maximum atomic E-state index is 12.9. The Morgan fingerprint density at radius 3 is 1.85 bits per heavy atom. The van der Waals surface area contributed by atoms with Crippen LogP contribution in [0.25, 0.3) is 16.3 Å². The van der Waals surface area contributed by atoms with Gasteiger partial charge in [-0.15, -0.1) is 0 Å². The number of benzene rings is 2. The minimum Gasteiger partial charge on any atom is -0.289 e. The van der Waals surface area contributed by atoms with Crippen molar-refractivity contribution in [2.45, 2.75) is 27.7 Å². The van der Waals surface area contributed by atoms with Crippen LogP contribution in [0.15, 0.2) is 42.0 Å². The molecule has 3 rings (SSSR count). The van der Waals surface area contributed by atoms with Crippen molar-refractivity contribution < 1.29 is 4.79 Å². The molecule has 0 bridgehead atoms. The summed E-state index contributed by atoms with van der Waals surface area (Å²) < 4.78 is 0. The van der Waals surface area contributed by atoms with E-state index in [0.717, 1.165) is 21.9 Å². The second-order valence-electron chi connectivity index (χ2n) is 6.18. The van der Waals surface area contributed by atoms with Crippen LogP contribution < -0.4 is 0 Å². The van der Waals surface area contributed by atoms with Gasteiger partial charge in [0.2, 0.25) is 0 Å². The maximum absolute atomic E-state index is 12.9. The average molecular weight is 264 g/mol. The van der Waals surface area contributed by atoms with Gasteiger partial charge < -0.3 is 0 Å². The molecule has 0 aliphatic heterocycles. The molecule has 0 N–H and O–H groups in total. The quantitative estimate of drug-likeness (QED) is 0.737. The molecule has 102 valence electrons. The van der Waals surface area contributed by atoms with Gasteiger partial charge >= 0.3 is 0 Å². The van der Waals surface area contributed by atoms with Crippen LogP contribution in [0.3, 0.4) is 0 Å². The Kier molecular flexibility index (Phi) is 3.01. The number of allylic oxidation sites excluding steroid dienone is 2. The third-order valence-electron chi connectivity index (χ3n) is 4.13. The standard InChI is InChI=1S/C19H20O/c1-11(2)16-14-9-5-7-13-8-6-10-15(18(13)14)19(20)17(16)12(3)4/h5-12H,1-4H3. The molecule has 1 heteroatoms. The minimum atomic E-state index is 0.216. The molecule has 1 aliphatic carbocycles. The molecule has 1 nitrogen and oxygen atoms in total. The van der Waals surface area contributed by atoms with Crippen LogP contribution in [0.2, 0.25) is 0 Å². The van der Waals surface area contributed by atoms with E-state index in [1.807, 2.05) is 12.1 Å². The largest absolute Gasteiger partial charge is 0.289 e. The number of ketones is 1. The lowest BCUT2D eigenvalue weighted by atomic mass is 9.75. The first kappa shape index (κ1) is 13.1. The smallest absolute Gasteiger partial charge is 0.190 e. The minimum absolute atomic E-state index is 0.216. The predicted molar refractivity (Wildman–Crippen MR) is 84.9 cm³/mol. The van der Waals surface area contributed by atoms with Gasteiger partial charge in [-0.2, -0.15) is 0 Å². The summed E-state index contributed by atoms with van der Waals surface area (Å²) in [6.07, 6.45) is 0. The fraction of sp³-hybridized carbons (Fsp3) is 0.316. The second-order valence-corrected chi connectivity index (χ2v) is 6.18. The Hall–Kier alpha value is -1.89. The summed E-state index contributed by atoms with van der Waals surface area (Å²) in [5, 5.41) is 2.29. The lowest BCUT2D eigenvalue weighted by Gasteiger charge is -2.27. The summed E-state index contributed by atoms with van der Waals surface area (Å²) in [4.78, 5) is 12.9. The van der Waals surface area contributed by atoms with Gasteiger partial charge in [0.1, 0.15) is 0 Å². The molecule has 20 heavy (non-hydrogen) atoms. The third kappa shape index (κ3) is 1.73. The van der Waals surface area contributed by atoms with Crippen LogP contribution >= 0.6 is 0 Å². The zero-order chi connectivity index (χ0) is 14.4. The summed E-state index contributed by atoms with van der Waals surface area (Å²) in [6, 6.07) is 12.4. The Labute approximate surface area is 120 Å². The van der Waals surface area contributed by atoms with Crippen LogP contribution in [-0.2, 0) is 0 Å². The topological polar surface area (TPSA) is 17.1 Å². The lowest BCUT2D eigenvalue weighted by molar-refractivity contribution is 0.102. The number of carbonyl (C=O) groups excluding carboxylic acids is 1. The van der Waals surface area contributed by atoms with Gasteiger partial charge in [0.05, 0.1) is 0 Å². The molecule has 0 radical (unpaired) electrons. The highest BCUT2D eigenvalue weighted by Gasteiger charge is 2.29. The highest BCUT2D eigenvalue weighted by molar-refractivity contribution is 6.25. The molecular formula is C19H20O. The van der Waals surface area contributed by atoms with Gasteiger partial charge in [-0.25, -0.2) is 0 Å². The van der Waals surface area contributed by atoms with Crippen molar-refractivity contribution in [3.8, 4) is 0 Å². The van der Waals surface area contributed by atoms with Gasteiger partial charge in [-0.05, 0) is 28.4 Å². The predicted octanol–water partition coefficient (Wildman–Crippen LogP) is 5.10. The highest BCUT2D eigenvalue weighted by Crippen LogP contribution is 2.41. The van der Waals surface area contributed by atoms with Crippen LogP contribution in [0.1, 0.15) is 43.6 Å². The first-order chi connectivity index (χ1) is 9.52. The molecule has 0 atom stereocenters. The van der Waals surface area contributed by atoms with Gasteiger partial charge in [0.25, 0.3) is 0 Å². The van der Waals surface area contributed by atoms with Crippen molar-refractivity contribution in [2.75, 3.05) is 0 Å². The molecule has 0 unspecified atom stereocenters. The maximum Gasteiger partial charge on any atom is 0.190 e. The molecular weight excluding hydrogens is 244 g/mol. The Morgan fingerprint density at radius 1 is 0.750 bits per heavy atom. The van der Waals surface area contributed by atoms with E-state index in [0.29, 0.717) is 5.92 Å².